The van der Waals surface area contributed by atoms with Gasteiger partial charge in [0.2, 0.25) is 0 Å². The lowest BCUT2D eigenvalue weighted by atomic mass is 9.91. The van der Waals surface area contributed by atoms with Crippen LogP contribution in [0.5, 0.6) is 0 Å². The van der Waals surface area contributed by atoms with Gasteiger partial charge >= 0.3 is 0 Å². The van der Waals surface area contributed by atoms with Gasteiger partial charge in [0.05, 0.1) is 44.1 Å². The molecule has 0 aliphatic heterocycles. The van der Waals surface area contributed by atoms with Gasteiger partial charge in [-0.3, -0.25) is 0 Å². The Morgan fingerprint density at radius 1 is 0.310 bits per heavy atom. The Labute approximate surface area is 335 Å². The standard InChI is InChI=1S/C54H42N4/c1-53(2,3)47-29-39-49-33-21-13-15-23-41(33)55(31-17-9-7-10-18-31)45(49)27-37-35-26-44-36(25-43(35)57(47)51(37)39)38-28-46-50(40-30-48(54(4,5)6)58(44)52(38)40)34-22-14-16-24-42(34)56(46)32-19-11-8-12-20-32/h7-30H,1-6H3. The third-order valence-corrected chi connectivity index (χ3v) is 13.2. The zero-order valence-electron chi connectivity index (χ0n) is 33.6. The molecule has 4 nitrogen and oxygen atoms in total. The van der Waals surface area contributed by atoms with Gasteiger partial charge in [-0.2, -0.15) is 0 Å². The highest BCUT2D eigenvalue weighted by Gasteiger charge is 2.31. The summed E-state index contributed by atoms with van der Waals surface area (Å²) in [6.45, 7) is 14.2. The first-order valence-electron chi connectivity index (χ1n) is 20.6. The molecule has 6 heterocycles. The number of aromatic nitrogens is 4. The van der Waals surface area contributed by atoms with Crippen molar-refractivity contribution in [1.29, 1.82) is 0 Å². The maximum Gasteiger partial charge on any atom is 0.0618 e. The van der Waals surface area contributed by atoms with Crippen molar-refractivity contribution in [3.05, 3.63) is 157 Å². The van der Waals surface area contributed by atoms with Crippen molar-refractivity contribution in [3.63, 3.8) is 0 Å². The average Bonchev–Trinajstić information content (AvgIpc) is 4.05. The van der Waals surface area contributed by atoms with Crippen LogP contribution in [0.2, 0.25) is 0 Å². The maximum atomic E-state index is 2.61. The van der Waals surface area contributed by atoms with Crippen molar-refractivity contribution in [1.82, 2.24) is 17.9 Å². The van der Waals surface area contributed by atoms with E-state index in [1.54, 1.807) is 0 Å². The molecule has 0 fully saturated rings. The number of benzene rings is 7. The van der Waals surface area contributed by atoms with Crippen molar-refractivity contribution in [2.75, 3.05) is 0 Å². The lowest BCUT2D eigenvalue weighted by Crippen LogP contribution is -2.14. The van der Waals surface area contributed by atoms with Gasteiger partial charge in [-0.25, -0.2) is 0 Å². The molecule has 0 amide bonds. The van der Waals surface area contributed by atoms with Crippen LogP contribution in [0, 0.1) is 0 Å². The summed E-state index contributed by atoms with van der Waals surface area (Å²) in [5.74, 6) is 0. The van der Waals surface area contributed by atoms with E-state index < -0.39 is 0 Å². The summed E-state index contributed by atoms with van der Waals surface area (Å²) in [6.07, 6.45) is 0. The first-order chi connectivity index (χ1) is 28.1. The van der Waals surface area contributed by atoms with Crippen LogP contribution in [0.1, 0.15) is 52.9 Å². The molecule has 13 rings (SSSR count). The van der Waals surface area contributed by atoms with E-state index in [0.29, 0.717) is 0 Å². The molecule has 0 saturated heterocycles. The van der Waals surface area contributed by atoms with Gasteiger partial charge in [-0.1, -0.05) is 114 Å². The topological polar surface area (TPSA) is 18.7 Å². The smallest absolute Gasteiger partial charge is 0.0618 e. The minimum atomic E-state index is -0.0888. The summed E-state index contributed by atoms with van der Waals surface area (Å²) in [6, 6.07) is 54.7. The van der Waals surface area contributed by atoms with Crippen molar-refractivity contribution >= 4 is 98.0 Å². The van der Waals surface area contributed by atoms with E-state index in [-0.39, 0.29) is 10.8 Å². The molecule has 0 bridgehead atoms. The number of fused-ring (bicyclic) bond motifs is 14. The van der Waals surface area contributed by atoms with Gasteiger partial charge in [0.15, 0.2) is 0 Å². The Hall–Kier alpha value is -6.78. The Kier molecular flexibility index (Phi) is 5.90. The van der Waals surface area contributed by atoms with Crippen LogP contribution in [0.25, 0.3) is 109 Å². The van der Waals surface area contributed by atoms with Gasteiger partial charge in [-0.15, -0.1) is 0 Å². The molecule has 0 aliphatic carbocycles. The van der Waals surface area contributed by atoms with Crippen molar-refractivity contribution in [2.24, 2.45) is 0 Å². The van der Waals surface area contributed by atoms with Gasteiger partial charge in [0, 0.05) is 87.5 Å². The van der Waals surface area contributed by atoms with E-state index in [1.807, 2.05) is 0 Å². The van der Waals surface area contributed by atoms with E-state index >= 15 is 0 Å². The van der Waals surface area contributed by atoms with E-state index in [9.17, 15) is 0 Å². The van der Waals surface area contributed by atoms with Crippen LogP contribution >= 0.6 is 0 Å². The highest BCUT2D eigenvalue weighted by atomic mass is 15.0. The number of para-hydroxylation sites is 4. The van der Waals surface area contributed by atoms with Crippen LogP contribution in [-0.4, -0.2) is 17.9 Å². The van der Waals surface area contributed by atoms with Crippen LogP contribution in [0.3, 0.4) is 0 Å². The summed E-state index contributed by atoms with van der Waals surface area (Å²) in [5.41, 5.74) is 15.0. The van der Waals surface area contributed by atoms with Gasteiger partial charge in [0.1, 0.15) is 0 Å². The molecule has 0 saturated carbocycles. The number of hydrogen-bond acceptors (Lipinski definition) is 0. The van der Waals surface area contributed by atoms with E-state index in [2.05, 4.69) is 205 Å². The molecule has 0 aliphatic rings. The second kappa shape index (κ2) is 10.6. The normalized spacial score (nSPS) is 13.3. The minimum Gasteiger partial charge on any atom is -0.312 e. The second-order valence-corrected chi connectivity index (χ2v) is 18.7. The van der Waals surface area contributed by atoms with Crippen molar-refractivity contribution in [3.8, 4) is 11.4 Å². The highest BCUT2D eigenvalue weighted by Crippen LogP contribution is 2.50. The molecule has 0 N–H and O–H groups in total. The highest BCUT2D eigenvalue weighted by molar-refractivity contribution is 6.33. The van der Waals surface area contributed by atoms with Crippen LogP contribution < -0.4 is 0 Å². The second-order valence-electron chi connectivity index (χ2n) is 18.7. The average molecular weight is 747 g/mol. The van der Waals surface area contributed by atoms with E-state index in [4.69, 9.17) is 0 Å². The van der Waals surface area contributed by atoms with Gasteiger partial charge in [-0.05, 0) is 72.8 Å². The zero-order chi connectivity index (χ0) is 39.0. The number of nitrogens with zero attached hydrogens (tertiary/aromatic N) is 4. The zero-order valence-corrected chi connectivity index (χ0v) is 33.6. The maximum absolute atomic E-state index is 2.61. The summed E-state index contributed by atoms with van der Waals surface area (Å²) in [4.78, 5) is 0. The summed E-state index contributed by atoms with van der Waals surface area (Å²) in [7, 11) is 0. The van der Waals surface area contributed by atoms with Gasteiger partial charge < -0.3 is 17.9 Å². The van der Waals surface area contributed by atoms with Crippen molar-refractivity contribution in [2.45, 2.75) is 52.4 Å². The fourth-order valence-corrected chi connectivity index (χ4v) is 10.8. The largest absolute Gasteiger partial charge is 0.312 e. The fraction of sp³-hybridized carbons (Fsp3) is 0.148. The molecule has 6 aromatic heterocycles. The minimum absolute atomic E-state index is 0.0888. The quantitative estimate of drug-likeness (QED) is 0.168. The molecular formula is C54H42N4. The fourth-order valence-electron chi connectivity index (χ4n) is 10.8. The molecular weight excluding hydrogens is 705 g/mol. The Morgan fingerprint density at radius 3 is 1.07 bits per heavy atom. The van der Waals surface area contributed by atoms with Crippen LogP contribution in [0.4, 0.5) is 0 Å². The summed E-state index contributed by atoms with van der Waals surface area (Å²) in [5, 5.41) is 13.1. The molecule has 0 spiro atoms. The molecule has 7 aromatic carbocycles. The lowest BCUT2D eigenvalue weighted by Gasteiger charge is -2.19. The molecule has 0 unspecified atom stereocenters. The molecule has 58 heavy (non-hydrogen) atoms. The van der Waals surface area contributed by atoms with Crippen LogP contribution in [0.15, 0.2) is 146 Å². The summed E-state index contributed by atoms with van der Waals surface area (Å²) >= 11 is 0. The third-order valence-electron chi connectivity index (χ3n) is 13.2. The van der Waals surface area contributed by atoms with Gasteiger partial charge in [0.25, 0.3) is 0 Å². The van der Waals surface area contributed by atoms with E-state index in [1.165, 1.54) is 121 Å². The van der Waals surface area contributed by atoms with Crippen molar-refractivity contribution < 1.29 is 0 Å². The number of rotatable bonds is 2. The third kappa shape index (κ3) is 3.90. The predicted octanol–water partition coefficient (Wildman–Crippen LogP) is 14.5. The lowest BCUT2D eigenvalue weighted by molar-refractivity contribution is 0.567. The Morgan fingerprint density at radius 2 is 0.672 bits per heavy atom. The number of hydrogen-bond donors (Lipinski definition) is 0. The first kappa shape index (κ1) is 32.3. The van der Waals surface area contributed by atoms with Crippen LogP contribution in [-0.2, 0) is 10.8 Å². The monoisotopic (exact) mass is 746 g/mol. The SMILES string of the molecule is CC(C)(C)c1cc2c3c4ccccc4n(-c4ccccc4)c3cc3c4cc5c(cc4n1c32)c1cc2c(c3ccccc3n2-c2ccccc2)c2cc(C(C)(C)C)n5c12. The molecule has 278 valence electrons. The predicted molar refractivity (Wildman–Crippen MR) is 247 cm³/mol. The Bertz CT molecular complexity index is 3580. The van der Waals surface area contributed by atoms with E-state index in [0.717, 1.165) is 0 Å². The molecule has 0 atom stereocenters. The summed E-state index contributed by atoms with van der Waals surface area (Å²) < 4.78 is 10.2. The first-order valence-corrected chi connectivity index (χ1v) is 20.6. The molecule has 0 radical (unpaired) electrons. The Balaban J connectivity index is 1.26. The molecule has 13 aromatic rings. The molecule has 4 heteroatoms.